The number of nitrogens with zero attached hydrogens (tertiary/aromatic N) is 5. The average molecular weight is 337 g/mol. The quantitative estimate of drug-likeness (QED) is 0.793. The van der Waals surface area contributed by atoms with Crippen LogP contribution >= 0.6 is 0 Å². The maximum atomic E-state index is 10.5. The average Bonchev–Trinajstić information content (AvgIpc) is 3.09. The van der Waals surface area contributed by atoms with Crippen LogP contribution in [0.4, 0.5) is 0 Å². The van der Waals surface area contributed by atoms with E-state index in [9.17, 15) is 5.11 Å². The molecule has 1 saturated heterocycles. The summed E-state index contributed by atoms with van der Waals surface area (Å²) in [4.78, 5) is 11.0. The predicted octanol–water partition coefficient (Wildman–Crippen LogP) is 2.59. The van der Waals surface area contributed by atoms with Crippen LogP contribution in [0.25, 0.3) is 5.78 Å². The fraction of sp³-hybridized carbons (Fsp3) is 0.421. The summed E-state index contributed by atoms with van der Waals surface area (Å²) < 4.78 is 1.42. The van der Waals surface area contributed by atoms with E-state index in [2.05, 4.69) is 50.3 Å². The van der Waals surface area contributed by atoms with Crippen LogP contribution in [0.15, 0.2) is 36.7 Å². The second-order valence-electron chi connectivity index (χ2n) is 6.88. The molecule has 130 valence electrons. The maximum absolute atomic E-state index is 10.5. The standard InChI is InChI=1S/C19H23N5O/c1-14-17(18(25)24-19(22-14)20-13-21-24)11-15-7-9-23(10-8-15)12-16-5-3-2-4-6-16/h2-6,13,15,25H,7-12H2,1H3. The highest BCUT2D eigenvalue weighted by Gasteiger charge is 2.23. The molecule has 4 rings (SSSR count). The first kappa shape index (κ1) is 16.0. The molecule has 0 saturated carbocycles. The minimum atomic E-state index is 0.187. The van der Waals surface area contributed by atoms with Crippen molar-refractivity contribution in [3.05, 3.63) is 53.5 Å². The molecule has 25 heavy (non-hydrogen) atoms. The SMILES string of the molecule is Cc1nc2ncnn2c(O)c1CC1CCN(Cc2ccccc2)CC1. The van der Waals surface area contributed by atoms with Crippen LogP contribution in [-0.2, 0) is 13.0 Å². The number of aromatic nitrogens is 4. The first-order chi connectivity index (χ1) is 12.2. The van der Waals surface area contributed by atoms with E-state index in [1.54, 1.807) is 0 Å². The van der Waals surface area contributed by atoms with Gasteiger partial charge in [-0.05, 0) is 50.8 Å². The van der Waals surface area contributed by atoms with Crippen LogP contribution in [0, 0.1) is 12.8 Å². The van der Waals surface area contributed by atoms with E-state index in [1.165, 1.54) is 16.4 Å². The van der Waals surface area contributed by atoms with E-state index in [0.29, 0.717) is 11.7 Å². The second-order valence-corrected chi connectivity index (χ2v) is 6.88. The summed E-state index contributed by atoms with van der Waals surface area (Å²) in [7, 11) is 0. The summed E-state index contributed by atoms with van der Waals surface area (Å²) in [5.41, 5.74) is 3.12. The zero-order chi connectivity index (χ0) is 17.2. The number of fused-ring (bicyclic) bond motifs is 1. The van der Waals surface area contributed by atoms with Gasteiger partial charge in [-0.1, -0.05) is 30.3 Å². The minimum absolute atomic E-state index is 0.187. The molecule has 1 aliphatic heterocycles. The Labute approximate surface area is 147 Å². The van der Waals surface area contributed by atoms with Gasteiger partial charge in [0.1, 0.15) is 6.33 Å². The molecule has 0 atom stereocenters. The molecule has 0 unspecified atom stereocenters. The molecule has 1 fully saturated rings. The van der Waals surface area contributed by atoms with Crippen molar-refractivity contribution in [2.24, 2.45) is 5.92 Å². The van der Waals surface area contributed by atoms with Gasteiger partial charge in [-0.3, -0.25) is 4.90 Å². The number of aromatic hydroxyl groups is 1. The minimum Gasteiger partial charge on any atom is -0.493 e. The van der Waals surface area contributed by atoms with Gasteiger partial charge in [0.25, 0.3) is 5.78 Å². The van der Waals surface area contributed by atoms with Crippen molar-refractivity contribution in [1.29, 1.82) is 0 Å². The van der Waals surface area contributed by atoms with Gasteiger partial charge in [0.2, 0.25) is 5.88 Å². The lowest BCUT2D eigenvalue weighted by Crippen LogP contribution is -2.34. The largest absolute Gasteiger partial charge is 0.493 e. The van der Waals surface area contributed by atoms with Crippen LogP contribution in [0.1, 0.15) is 29.7 Å². The highest BCUT2D eigenvalue weighted by atomic mass is 16.3. The van der Waals surface area contributed by atoms with Crippen molar-refractivity contribution in [3.63, 3.8) is 0 Å². The normalized spacial score (nSPS) is 16.5. The summed E-state index contributed by atoms with van der Waals surface area (Å²) in [6.07, 6.45) is 4.55. The van der Waals surface area contributed by atoms with Crippen molar-refractivity contribution >= 4 is 5.78 Å². The van der Waals surface area contributed by atoms with Gasteiger partial charge >= 0.3 is 0 Å². The molecule has 0 bridgehead atoms. The molecule has 2 aromatic heterocycles. The first-order valence-corrected chi connectivity index (χ1v) is 8.85. The van der Waals surface area contributed by atoms with E-state index >= 15 is 0 Å². The Morgan fingerprint density at radius 2 is 1.92 bits per heavy atom. The molecule has 0 radical (unpaired) electrons. The van der Waals surface area contributed by atoms with Crippen LogP contribution in [0.5, 0.6) is 5.88 Å². The lowest BCUT2D eigenvalue weighted by atomic mass is 9.89. The molecule has 3 heterocycles. The number of likely N-dealkylation sites (tertiary alicyclic amines) is 1. The highest BCUT2D eigenvalue weighted by molar-refractivity contribution is 5.39. The Morgan fingerprint density at radius 1 is 1.16 bits per heavy atom. The monoisotopic (exact) mass is 337 g/mol. The van der Waals surface area contributed by atoms with E-state index < -0.39 is 0 Å². The molecule has 3 aromatic rings. The smallest absolute Gasteiger partial charge is 0.255 e. The fourth-order valence-electron chi connectivity index (χ4n) is 3.69. The Morgan fingerprint density at radius 3 is 2.68 bits per heavy atom. The van der Waals surface area contributed by atoms with Gasteiger partial charge in [-0.2, -0.15) is 14.6 Å². The summed E-state index contributed by atoms with van der Waals surface area (Å²) in [5, 5.41) is 14.6. The number of rotatable bonds is 4. The number of aryl methyl sites for hydroxylation is 1. The van der Waals surface area contributed by atoms with Crippen molar-refractivity contribution in [2.75, 3.05) is 13.1 Å². The van der Waals surface area contributed by atoms with Crippen molar-refractivity contribution in [3.8, 4) is 5.88 Å². The Bertz CT molecular complexity index is 853. The van der Waals surface area contributed by atoms with Gasteiger partial charge < -0.3 is 5.11 Å². The maximum Gasteiger partial charge on any atom is 0.255 e. The highest BCUT2D eigenvalue weighted by Crippen LogP contribution is 2.28. The fourth-order valence-corrected chi connectivity index (χ4v) is 3.69. The zero-order valence-corrected chi connectivity index (χ0v) is 14.5. The van der Waals surface area contributed by atoms with Crippen LogP contribution < -0.4 is 0 Å². The molecule has 1 aromatic carbocycles. The van der Waals surface area contributed by atoms with Gasteiger partial charge in [-0.25, -0.2) is 4.98 Å². The molecular formula is C19H23N5O. The van der Waals surface area contributed by atoms with Gasteiger partial charge in [0.15, 0.2) is 0 Å². The summed E-state index contributed by atoms with van der Waals surface area (Å²) in [6.45, 7) is 5.15. The first-order valence-electron chi connectivity index (χ1n) is 8.85. The van der Waals surface area contributed by atoms with E-state index in [0.717, 1.165) is 50.2 Å². The molecule has 1 N–H and O–H groups in total. The lowest BCUT2D eigenvalue weighted by molar-refractivity contribution is 0.176. The molecule has 6 nitrogen and oxygen atoms in total. The molecule has 0 amide bonds. The third kappa shape index (κ3) is 3.35. The van der Waals surface area contributed by atoms with Gasteiger partial charge in [-0.15, -0.1) is 0 Å². The lowest BCUT2D eigenvalue weighted by Gasteiger charge is -2.32. The zero-order valence-electron chi connectivity index (χ0n) is 14.5. The number of hydrogen-bond acceptors (Lipinski definition) is 5. The molecule has 0 spiro atoms. The van der Waals surface area contributed by atoms with Crippen LogP contribution in [0.2, 0.25) is 0 Å². The van der Waals surface area contributed by atoms with Crippen molar-refractivity contribution in [1.82, 2.24) is 24.5 Å². The molecule has 0 aliphatic carbocycles. The van der Waals surface area contributed by atoms with Crippen molar-refractivity contribution < 1.29 is 5.11 Å². The van der Waals surface area contributed by atoms with E-state index in [4.69, 9.17) is 0 Å². The summed E-state index contributed by atoms with van der Waals surface area (Å²) in [5.74, 6) is 1.21. The predicted molar refractivity (Wildman–Crippen MR) is 95.3 cm³/mol. The van der Waals surface area contributed by atoms with E-state index in [-0.39, 0.29) is 5.88 Å². The molecular weight excluding hydrogens is 314 g/mol. The summed E-state index contributed by atoms with van der Waals surface area (Å²) in [6, 6.07) is 10.6. The summed E-state index contributed by atoms with van der Waals surface area (Å²) >= 11 is 0. The van der Waals surface area contributed by atoms with Gasteiger partial charge in [0.05, 0.1) is 0 Å². The second kappa shape index (κ2) is 6.80. The van der Waals surface area contributed by atoms with Gasteiger partial charge in [0, 0.05) is 17.8 Å². The number of hydrogen-bond donors (Lipinski definition) is 1. The molecule has 1 aliphatic rings. The molecule has 6 heteroatoms. The Kier molecular flexibility index (Phi) is 4.36. The topological polar surface area (TPSA) is 66.5 Å². The van der Waals surface area contributed by atoms with E-state index in [1.807, 2.05) is 6.92 Å². The van der Waals surface area contributed by atoms with Crippen LogP contribution in [-0.4, -0.2) is 42.7 Å². The third-order valence-corrected chi connectivity index (χ3v) is 5.15. The van der Waals surface area contributed by atoms with Crippen molar-refractivity contribution in [2.45, 2.75) is 32.7 Å². The van der Waals surface area contributed by atoms with Crippen LogP contribution in [0.3, 0.4) is 0 Å². The number of benzene rings is 1. The number of piperidine rings is 1. The third-order valence-electron chi connectivity index (χ3n) is 5.15. The Hall–Kier alpha value is -2.47. The Balaban J connectivity index is 1.40.